The maximum absolute atomic E-state index is 12.9. The van der Waals surface area contributed by atoms with Crippen LogP contribution in [0.15, 0.2) is 45.3 Å². The SMILES string of the molecule is CCn1ccc(=O)nc1SCC(=O)Nc1cc(S(=O)(=O)N2CCCCC2)ccc1C. The summed E-state index contributed by atoms with van der Waals surface area (Å²) in [5, 5.41) is 3.26. The Bertz CT molecular complexity index is 1080. The van der Waals surface area contributed by atoms with Crippen LogP contribution in [0.25, 0.3) is 0 Å². The molecule has 1 aliphatic heterocycles. The quantitative estimate of drug-likeness (QED) is 0.514. The lowest BCUT2D eigenvalue weighted by Crippen LogP contribution is -2.35. The van der Waals surface area contributed by atoms with E-state index in [1.165, 1.54) is 16.4 Å². The van der Waals surface area contributed by atoms with Crippen LogP contribution < -0.4 is 10.9 Å². The number of benzene rings is 1. The molecule has 0 radical (unpaired) electrons. The standard InChI is InChI=1S/C20H26N4O4S2/c1-3-23-12-9-18(25)22-20(23)29-14-19(26)21-17-13-16(8-7-15(17)2)30(27,28)24-10-5-4-6-11-24/h7-9,12-13H,3-6,10-11,14H2,1-2H3,(H,21,26). The van der Waals surface area contributed by atoms with Crippen LogP contribution in [0.5, 0.6) is 0 Å². The number of anilines is 1. The normalized spacial score (nSPS) is 15.1. The summed E-state index contributed by atoms with van der Waals surface area (Å²) in [5.41, 5.74) is 0.885. The molecule has 0 saturated carbocycles. The van der Waals surface area contributed by atoms with Crippen molar-refractivity contribution in [2.75, 3.05) is 24.2 Å². The molecule has 0 atom stereocenters. The molecule has 30 heavy (non-hydrogen) atoms. The summed E-state index contributed by atoms with van der Waals surface area (Å²) in [5.74, 6) is -0.240. The molecule has 1 aliphatic rings. The van der Waals surface area contributed by atoms with Crippen molar-refractivity contribution in [2.24, 2.45) is 0 Å². The van der Waals surface area contributed by atoms with Crippen LogP contribution in [0.2, 0.25) is 0 Å². The third kappa shape index (κ3) is 5.30. The molecule has 1 fully saturated rings. The van der Waals surface area contributed by atoms with E-state index in [4.69, 9.17) is 0 Å². The van der Waals surface area contributed by atoms with Gasteiger partial charge in [0.25, 0.3) is 5.56 Å². The smallest absolute Gasteiger partial charge is 0.273 e. The fraction of sp³-hybridized carbons (Fsp3) is 0.450. The number of aromatic nitrogens is 2. The van der Waals surface area contributed by atoms with Crippen molar-refractivity contribution >= 4 is 33.4 Å². The Morgan fingerprint density at radius 2 is 1.93 bits per heavy atom. The minimum atomic E-state index is -3.58. The highest BCUT2D eigenvalue weighted by Gasteiger charge is 2.26. The Morgan fingerprint density at radius 1 is 1.20 bits per heavy atom. The zero-order chi connectivity index (χ0) is 21.7. The number of hydrogen-bond acceptors (Lipinski definition) is 6. The van der Waals surface area contributed by atoms with E-state index in [-0.39, 0.29) is 22.1 Å². The molecule has 0 unspecified atom stereocenters. The average Bonchev–Trinajstić information content (AvgIpc) is 2.74. The first-order valence-corrected chi connectivity index (χ1v) is 12.3. The molecule has 2 heterocycles. The van der Waals surface area contributed by atoms with Gasteiger partial charge in [0, 0.05) is 37.6 Å². The van der Waals surface area contributed by atoms with Crippen molar-refractivity contribution in [3.8, 4) is 0 Å². The number of carbonyl (C=O) groups excluding carboxylic acids is 1. The Hall–Kier alpha value is -2.17. The first-order chi connectivity index (χ1) is 14.3. The summed E-state index contributed by atoms with van der Waals surface area (Å²) < 4.78 is 29.1. The van der Waals surface area contributed by atoms with Crippen molar-refractivity contribution < 1.29 is 13.2 Å². The number of thioether (sulfide) groups is 1. The highest BCUT2D eigenvalue weighted by atomic mass is 32.2. The van der Waals surface area contributed by atoms with E-state index in [0.717, 1.165) is 36.6 Å². The predicted molar refractivity (Wildman–Crippen MR) is 117 cm³/mol. The maximum atomic E-state index is 12.9. The van der Waals surface area contributed by atoms with E-state index in [1.54, 1.807) is 22.9 Å². The van der Waals surface area contributed by atoms with Crippen molar-refractivity contribution in [3.05, 3.63) is 46.4 Å². The molecule has 0 aliphatic carbocycles. The summed E-state index contributed by atoms with van der Waals surface area (Å²) in [6.07, 6.45) is 4.42. The predicted octanol–water partition coefficient (Wildman–Crippen LogP) is 2.48. The minimum Gasteiger partial charge on any atom is -0.328 e. The summed E-state index contributed by atoms with van der Waals surface area (Å²) in [4.78, 5) is 28.1. The number of aryl methyl sites for hydroxylation is 2. The summed E-state index contributed by atoms with van der Waals surface area (Å²) in [6.45, 7) is 5.42. The number of hydrogen-bond donors (Lipinski definition) is 1. The molecule has 10 heteroatoms. The second-order valence-corrected chi connectivity index (χ2v) is 9.99. The fourth-order valence-electron chi connectivity index (χ4n) is 3.24. The van der Waals surface area contributed by atoms with Gasteiger partial charge < -0.3 is 9.88 Å². The molecule has 162 valence electrons. The van der Waals surface area contributed by atoms with E-state index in [9.17, 15) is 18.0 Å². The summed E-state index contributed by atoms with van der Waals surface area (Å²) >= 11 is 1.16. The molecule has 1 aromatic heterocycles. The van der Waals surface area contributed by atoms with Crippen molar-refractivity contribution in [3.63, 3.8) is 0 Å². The van der Waals surface area contributed by atoms with Gasteiger partial charge in [-0.1, -0.05) is 24.2 Å². The van der Waals surface area contributed by atoms with Gasteiger partial charge in [0.05, 0.1) is 10.6 Å². The second kappa shape index (κ2) is 9.76. The zero-order valence-corrected chi connectivity index (χ0v) is 18.8. The Balaban J connectivity index is 1.72. The lowest BCUT2D eigenvalue weighted by atomic mass is 10.2. The zero-order valence-electron chi connectivity index (χ0n) is 17.1. The Labute approximate surface area is 180 Å². The molecule has 8 nitrogen and oxygen atoms in total. The molecule has 1 aromatic carbocycles. The van der Waals surface area contributed by atoms with E-state index in [0.29, 0.717) is 30.5 Å². The molecule has 0 spiro atoms. The molecular weight excluding hydrogens is 424 g/mol. The first-order valence-electron chi connectivity index (χ1n) is 9.92. The van der Waals surface area contributed by atoms with Gasteiger partial charge in [-0.3, -0.25) is 9.59 Å². The van der Waals surface area contributed by atoms with Gasteiger partial charge in [-0.25, -0.2) is 8.42 Å². The minimum absolute atomic E-state index is 0.0546. The third-order valence-electron chi connectivity index (χ3n) is 4.96. The van der Waals surface area contributed by atoms with Crippen LogP contribution in [-0.4, -0.2) is 47.0 Å². The lowest BCUT2D eigenvalue weighted by molar-refractivity contribution is -0.113. The van der Waals surface area contributed by atoms with Gasteiger partial charge in [0.2, 0.25) is 15.9 Å². The number of nitrogens with one attached hydrogen (secondary N) is 1. The molecule has 1 amide bonds. The van der Waals surface area contributed by atoms with Gasteiger partial charge in [0.15, 0.2) is 5.16 Å². The van der Waals surface area contributed by atoms with E-state index < -0.39 is 10.0 Å². The van der Waals surface area contributed by atoms with E-state index in [1.807, 2.05) is 13.8 Å². The summed E-state index contributed by atoms with van der Waals surface area (Å²) in [7, 11) is -3.58. The molecule has 2 aromatic rings. The van der Waals surface area contributed by atoms with Crippen LogP contribution in [-0.2, 0) is 21.4 Å². The Morgan fingerprint density at radius 3 is 2.63 bits per heavy atom. The highest BCUT2D eigenvalue weighted by molar-refractivity contribution is 7.99. The average molecular weight is 451 g/mol. The number of amides is 1. The number of piperidine rings is 1. The maximum Gasteiger partial charge on any atom is 0.273 e. The monoisotopic (exact) mass is 450 g/mol. The van der Waals surface area contributed by atoms with Crippen molar-refractivity contribution in [2.45, 2.75) is 49.7 Å². The van der Waals surface area contributed by atoms with Gasteiger partial charge in [-0.15, -0.1) is 0 Å². The van der Waals surface area contributed by atoms with Gasteiger partial charge >= 0.3 is 0 Å². The van der Waals surface area contributed by atoms with Gasteiger partial charge in [-0.2, -0.15) is 9.29 Å². The third-order valence-corrected chi connectivity index (χ3v) is 7.84. The highest BCUT2D eigenvalue weighted by Crippen LogP contribution is 2.25. The number of rotatable bonds is 7. The second-order valence-electron chi connectivity index (χ2n) is 7.11. The van der Waals surface area contributed by atoms with E-state index in [2.05, 4.69) is 10.3 Å². The van der Waals surface area contributed by atoms with Crippen molar-refractivity contribution in [1.29, 1.82) is 0 Å². The van der Waals surface area contributed by atoms with Gasteiger partial charge in [-0.05, 0) is 44.4 Å². The van der Waals surface area contributed by atoms with Crippen LogP contribution in [0.4, 0.5) is 5.69 Å². The topological polar surface area (TPSA) is 101 Å². The lowest BCUT2D eigenvalue weighted by Gasteiger charge is -2.26. The summed E-state index contributed by atoms with van der Waals surface area (Å²) in [6, 6.07) is 6.18. The first kappa shape index (κ1) is 22.5. The number of sulfonamides is 1. The number of nitrogens with zero attached hydrogens (tertiary/aromatic N) is 3. The van der Waals surface area contributed by atoms with Crippen molar-refractivity contribution in [1.82, 2.24) is 13.9 Å². The van der Waals surface area contributed by atoms with Gasteiger partial charge in [0.1, 0.15) is 0 Å². The largest absolute Gasteiger partial charge is 0.328 e. The Kier molecular flexibility index (Phi) is 7.32. The van der Waals surface area contributed by atoms with Crippen LogP contribution >= 0.6 is 11.8 Å². The molecular formula is C20H26N4O4S2. The molecule has 1 saturated heterocycles. The molecule has 3 rings (SSSR count). The van der Waals surface area contributed by atoms with E-state index >= 15 is 0 Å². The number of carbonyl (C=O) groups is 1. The van der Waals surface area contributed by atoms with Crippen LogP contribution in [0, 0.1) is 6.92 Å². The molecule has 1 N–H and O–H groups in total. The van der Waals surface area contributed by atoms with Crippen LogP contribution in [0.3, 0.4) is 0 Å². The van der Waals surface area contributed by atoms with Crippen LogP contribution in [0.1, 0.15) is 31.7 Å². The fourth-order valence-corrected chi connectivity index (χ4v) is 5.62. The molecule has 0 bridgehead atoms.